The van der Waals surface area contributed by atoms with Crippen molar-refractivity contribution in [2.75, 3.05) is 13.1 Å². The number of likely N-dealkylation sites (tertiary alicyclic amines) is 1. The Bertz CT molecular complexity index is 411. The largest absolute Gasteiger partial charge is 0.547 e. The molecule has 0 aromatic rings. The number of piperidine rings is 1. The number of carbonyl (C=O) groups excluding carboxylic acids is 2. The second-order valence-corrected chi connectivity index (χ2v) is 6.94. The molecular formula is C15H24NO5-. The van der Waals surface area contributed by atoms with Crippen molar-refractivity contribution in [3.8, 4) is 0 Å². The molecule has 2 fully saturated rings. The van der Waals surface area contributed by atoms with E-state index in [9.17, 15) is 14.7 Å². The monoisotopic (exact) mass is 298 g/mol. The van der Waals surface area contributed by atoms with Gasteiger partial charge in [-0.05, 0) is 52.9 Å². The highest BCUT2D eigenvalue weighted by atomic mass is 16.6. The van der Waals surface area contributed by atoms with Crippen molar-refractivity contribution in [3.63, 3.8) is 0 Å². The molecule has 21 heavy (non-hydrogen) atoms. The summed E-state index contributed by atoms with van der Waals surface area (Å²) in [5.41, 5.74) is -1.67. The van der Waals surface area contributed by atoms with Gasteiger partial charge in [0.1, 0.15) is 11.2 Å². The number of carboxylic acid groups (broad SMARTS) is 1. The van der Waals surface area contributed by atoms with E-state index in [2.05, 4.69) is 0 Å². The van der Waals surface area contributed by atoms with Crippen molar-refractivity contribution in [2.45, 2.75) is 70.2 Å². The number of nitrogens with zero attached hydrogens (tertiary/aromatic N) is 1. The first kappa shape index (κ1) is 16.1. The summed E-state index contributed by atoms with van der Waals surface area (Å²) in [5.74, 6) is -1.14. The highest BCUT2D eigenvalue weighted by Gasteiger charge is 2.42. The van der Waals surface area contributed by atoms with Crippen molar-refractivity contribution < 1.29 is 24.2 Å². The van der Waals surface area contributed by atoms with Crippen molar-refractivity contribution in [1.29, 1.82) is 0 Å². The first-order valence-corrected chi connectivity index (χ1v) is 7.59. The molecule has 0 aromatic heterocycles. The van der Waals surface area contributed by atoms with Gasteiger partial charge in [0.15, 0.2) is 0 Å². The van der Waals surface area contributed by atoms with Gasteiger partial charge in [-0.3, -0.25) is 0 Å². The van der Waals surface area contributed by atoms with E-state index in [0.29, 0.717) is 25.9 Å². The number of ether oxygens (including phenoxy) is 2. The number of rotatable bonds is 3. The number of hydrogen-bond donors (Lipinski definition) is 0. The fourth-order valence-corrected chi connectivity index (χ4v) is 2.71. The Morgan fingerprint density at radius 3 is 2.38 bits per heavy atom. The first-order chi connectivity index (χ1) is 9.72. The van der Waals surface area contributed by atoms with E-state index < -0.39 is 17.2 Å². The molecule has 0 radical (unpaired) electrons. The zero-order valence-electron chi connectivity index (χ0n) is 13.0. The Kier molecular flexibility index (Phi) is 4.46. The molecule has 1 aliphatic heterocycles. The van der Waals surface area contributed by atoms with Crippen LogP contribution in [0.15, 0.2) is 0 Å². The SMILES string of the molecule is CC(C)(C)OC(=O)N1CCC[C@H](OC2(C(=O)[O-])CCC2)C1. The molecule has 0 aromatic carbocycles. The Morgan fingerprint density at radius 1 is 1.24 bits per heavy atom. The molecule has 2 aliphatic rings. The summed E-state index contributed by atoms with van der Waals surface area (Å²) in [6.07, 6.45) is 2.75. The normalized spacial score (nSPS) is 25.1. The van der Waals surface area contributed by atoms with Gasteiger partial charge in [0.05, 0.1) is 18.6 Å². The van der Waals surface area contributed by atoms with Gasteiger partial charge in [0, 0.05) is 6.54 Å². The summed E-state index contributed by atoms with van der Waals surface area (Å²) in [7, 11) is 0. The minimum absolute atomic E-state index is 0.260. The number of amides is 1. The molecule has 120 valence electrons. The Morgan fingerprint density at radius 2 is 1.90 bits per heavy atom. The fourth-order valence-electron chi connectivity index (χ4n) is 2.71. The molecule has 6 nitrogen and oxygen atoms in total. The molecule has 1 aliphatic carbocycles. The number of aliphatic carboxylic acids is 1. The Hall–Kier alpha value is -1.30. The Labute approximate surface area is 125 Å². The quantitative estimate of drug-likeness (QED) is 0.779. The van der Waals surface area contributed by atoms with E-state index in [0.717, 1.165) is 19.3 Å². The van der Waals surface area contributed by atoms with E-state index >= 15 is 0 Å². The van der Waals surface area contributed by atoms with Gasteiger partial charge >= 0.3 is 6.09 Å². The third-order valence-electron chi connectivity index (χ3n) is 3.96. The van der Waals surface area contributed by atoms with Crippen LogP contribution in [0.4, 0.5) is 4.79 Å². The average Bonchev–Trinajstić information content (AvgIpc) is 2.31. The van der Waals surface area contributed by atoms with Crippen LogP contribution in [0.5, 0.6) is 0 Å². The van der Waals surface area contributed by atoms with Crippen LogP contribution in [0.1, 0.15) is 52.9 Å². The minimum Gasteiger partial charge on any atom is -0.547 e. The topological polar surface area (TPSA) is 78.9 Å². The lowest BCUT2D eigenvalue weighted by Crippen LogP contribution is -2.58. The molecule has 1 heterocycles. The summed E-state index contributed by atoms with van der Waals surface area (Å²) in [6.45, 7) is 6.46. The number of hydrogen-bond acceptors (Lipinski definition) is 5. The van der Waals surface area contributed by atoms with Gasteiger partial charge in [0.2, 0.25) is 0 Å². The maximum Gasteiger partial charge on any atom is 0.410 e. The maximum atomic E-state index is 12.1. The van der Waals surface area contributed by atoms with Crippen molar-refractivity contribution in [1.82, 2.24) is 4.90 Å². The number of carboxylic acids is 1. The van der Waals surface area contributed by atoms with Crippen LogP contribution in [-0.2, 0) is 14.3 Å². The second kappa shape index (κ2) is 5.83. The van der Waals surface area contributed by atoms with E-state index in [1.54, 1.807) is 4.90 Å². The lowest BCUT2D eigenvalue weighted by Gasteiger charge is -2.46. The standard InChI is InChI=1S/C15H25NO5/c1-14(2,3)21-13(19)16-9-4-6-11(10-16)20-15(12(17)18)7-5-8-15/h11H,4-10H2,1-3H3,(H,17,18)/p-1/t11-/m0/s1. The molecule has 2 rings (SSSR count). The predicted molar refractivity (Wildman–Crippen MR) is 73.5 cm³/mol. The second-order valence-electron chi connectivity index (χ2n) is 6.94. The third-order valence-corrected chi connectivity index (χ3v) is 3.96. The molecule has 1 atom stereocenters. The summed E-state index contributed by atoms with van der Waals surface area (Å²) in [6, 6.07) is 0. The highest BCUT2D eigenvalue weighted by Crippen LogP contribution is 2.37. The van der Waals surface area contributed by atoms with Crippen molar-refractivity contribution >= 4 is 12.1 Å². The molecular weight excluding hydrogens is 274 g/mol. The van der Waals surface area contributed by atoms with Crippen molar-refractivity contribution in [3.05, 3.63) is 0 Å². The van der Waals surface area contributed by atoms with E-state index in [1.165, 1.54) is 0 Å². The molecule has 6 heteroatoms. The van der Waals surface area contributed by atoms with Crippen molar-refractivity contribution in [2.24, 2.45) is 0 Å². The summed E-state index contributed by atoms with van der Waals surface area (Å²) in [4.78, 5) is 24.9. The summed E-state index contributed by atoms with van der Waals surface area (Å²) < 4.78 is 11.1. The Balaban J connectivity index is 1.92. The van der Waals surface area contributed by atoms with Crippen LogP contribution < -0.4 is 5.11 Å². The van der Waals surface area contributed by atoms with E-state index in [1.807, 2.05) is 20.8 Å². The van der Waals surface area contributed by atoms with Crippen LogP contribution in [-0.4, -0.2) is 47.4 Å². The van der Waals surface area contributed by atoms with Crippen LogP contribution >= 0.6 is 0 Å². The molecule has 0 bridgehead atoms. The first-order valence-electron chi connectivity index (χ1n) is 7.59. The molecule has 0 unspecified atom stereocenters. The number of carbonyl (C=O) groups is 2. The van der Waals surface area contributed by atoms with Gasteiger partial charge in [-0.1, -0.05) is 0 Å². The van der Waals surface area contributed by atoms with Crippen LogP contribution in [0.2, 0.25) is 0 Å². The van der Waals surface area contributed by atoms with Gasteiger partial charge in [0.25, 0.3) is 0 Å². The lowest BCUT2D eigenvalue weighted by atomic mass is 9.79. The summed E-state index contributed by atoms with van der Waals surface area (Å²) >= 11 is 0. The highest BCUT2D eigenvalue weighted by molar-refractivity contribution is 5.76. The van der Waals surface area contributed by atoms with Crippen LogP contribution in [0.25, 0.3) is 0 Å². The molecule has 0 N–H and O–H groups in total. The van der Waals surface area contributed by atoms with E-state index in [4.69, 9.17) is 9.47 Å². The van der Waals surface area contributed by atoms with E-state index in [-0.39, 0.29) is 12.2 Å². The zero-order chi connectivity index (χ0) is 15.7. The lowest BCUT2D eigenvalue weighted by molar-refractivity contribution is -0.337. The van der Waals surface area contributed by atoms with Crippen LogP contribution in [0.3, 0.4) is 0 Å². The van der Waals surface area contributed by atoms with Gasteiger partial charge in [-0.2, -0.15) is 0 Å². The fraction of sp³-hybridized carbons (Fsp3) is 0.867. The third kappa shape index (κ3) is 3.87. The molecule has 1 saturated carbocycles. The predicted octanol–water partition coefficient (Wildman–Crippen LogP) is 1.08. The molecule has 0 spiro atoms. The minimum atomic E-state index is -1.14. The molecule has 1 saturated heterocycles. The summed E-state index contributed by atoms with van der Waals surface area (Å²) in [5, 5.41) is 11.2. The van der Waals surface area contributed by atoms with Gasteiger partial charge in [-0.15, -0.1) is 0 Å². The smallest absolute Gasteiger partial charge is 0.410 e. The van der Waals surface area contributed by atoms with Crippen LogP contribution in [0, 0.1) is 0 Å². The molecule has 1 amide bonds. The zero-order valence-corrected chi connectivity index (χ0v) is 13.0. The average molecular weight is 298 g/mol. The van der Waals surface area contributed by atoms with Gasteiger partial charge in [-0.25, -0.2) is 4.79 Å². The maximum absolute atomic E-state index is 12.1. The van der Waals surface area contributed by atoms with Gasteiger partial charge < -0.3 is 24.3 Å².